The summed E-state index contributed by atoms with van der Waals surface area (Å²) in [7, 11) is -2.66. The van der Waals surface area contributed by atoms with E-state index in [-0.39, 0.29) is 0 Å². The molecule has 0 rings (SSSR count). The van der Waals surface area contributed by atoms with E-state index in [0.29, 0.717) is 0 Å². The van der Waals surface area contributed by atoms with Gasteiger partial charge in [-0.3, -0.25) is 0 Å². The summed E-state index contributed by atoms with van der Waals surface area (Å²) >= 11 is 0. The third kappa shape index (κ3) is 6.23. The molecular weight excluding hydrogens is 187 g/mol. The molecule has 0 atom stereocenters. The first kappa shape index (κ1) is 10.8. The molecule has 0 saturated carbocycles. The van der Waals surface area contributed by atoms with Gasteiger partial charge in [-0.25, -0.2) is 8.78 Å². The summed E-state index contributed by atoms with van der Waals surface area (Å²) in [4.78, 5) is 8.01. The Kier molecular flexibility index (Phi) is 3.43. The standard InChI is InChI=1S/C4H7F5OSi/c5-3(6,7)1-2-4(8,9)11-10/h10H,1-2,11H2. The van der Waals surface area contributed by atoms with Crippen LogP contribution in [0.3, 0.4) is 0 Å². The molecule has 0 radical (unpaired) electrons. The lowest BCUT2D eigenvalue weighted by Crippen LogP contribution is -2.27. The van der Waals surface area contributed by atoms with Gasteiger partial charge in [0.15, 0.2) is 0 Å². The fourth-order valence-corrected chi connectivity index (χ4v) is 0.739. The lowest BCUT2D eigenvalue weighted by Gasteiger charge is -2.13. The van der Waals surface area contributed by atoms with Crippen LogP contribution in [0.5, 0.6) is 0 Å². The average molecular weight is 194 g/mol. The molecule has 0 aromatic rings. The lowest BCUT2D eigenvalue weighted by atomic mass is 10.3. The van der Waals surface area contributed by atoms with Gasteiger partial charge in [0.1, 0.15) is 0 Å². The maximum Gasteiger partial charge on any atom is 0.389 e. The fourth-order valence-electron chi connectivity index (χ4n) is 0.404. The molecule has 7 heteroatoms. The van der Waals surface area contributed by atoms with Gasteiger partial charge in [-0.1, -0.05) is 0 Å². The summed E-state index contributed by atoms with van der Waals surface area (Å²) < 4.78 is 58.0. The van der Waals surface area contributed by atoms with E-state index in [9.17, 15) is 22.0 Å². The van der Waals surface area contributed by atoms with Crippen LogP contribution in [0.4, 0.5) is 22.0 Å². The molecule has 0 saturated heterocycles. The van der Waals surface area contributed by atoms with E-state index >= 15 is 0 Å². The van der Waals surface area contributed by atoms with Gasteiger partial charge in [-0.2, -0.15) is 13.2 Å². The highest BCUT2D eigenvalue weighted by atomic mass is 28.2. The van der Waals surface area contributed by atoms with Crippen molar-refractivity contribution >= 4 is 9.76 Å². The van der Waals surface area contributed by atoms with Crippen molar-refractivity contribution in [3.05, 3.63) is 0 Å². The molecule has 0 fully saturated rings. The number of hydrogen-bond acceptors (Lipinski definition) is 1. The zero-order chi connectivity index (χ0) is 9.12. The van der Waals surface area contributed by atoms with Crippen molar-refractivity contribution in [3.63, 3.8) is 0 Å². The fraction of sp³-hybridized carbons (Fsp3) is 1.00. The Morgan fingerprint density at radius 1 is 1.00 bits per heavy atom. The summed E-state index contributed by atoms with van der Waals surface area (Å²) in [6, 6.07) is 0. The molecule has 0 aliphatic carbocycles. The predicted molar refractivity (Wildman–Crippen MR) is 31.0 cm³/mol. The molecule has 0 bridgehead atoms. The number of hydrogen-bond donors (Lipinski definition) is 1. The predicted octanol–water partition coefficient (Wildman–Crippen LogP) is 0.998. The first-order valence-corrected chi connectivity index (χ1v) is 4.16. The Balaban J connectivity index is 3.70. The van der Waals surface area contributed by atoms with Crippen molar-refractivity contribution in [2.75, 3.05) is 0 Å². The van der Waals surface area contributed by atoms with Crippen LogP contribution in [0.15, 0.2) is 0 Å². The third-order valence-electron chi connectivity index (χ3n) is 1.01. The Hall–Kier alpha value is -0.173. The first-order valence-electron chi connectivity index (χ1n) is 2.82. The van der Waals surface area contributed by atoms with Crippen molar-refractivity contribution in [2.24, 2.45) is 0 Å². The second-order valence-electron chi connectivity index (χ2n) is 2.13. The van der Waals surface area contributed by atoms with E-state index < -0.39 is 34.3 Å². The summed E-state index contributed by atoms with van der Waals surface area (Å²) in [6.07, 6.45) is -7.39. The van der Waals surface area contributed by atoms with E-state index in [1.165, 1.54) is 0 Å². The number of alkyl halides is 5. The van der Waals surface area contributed by atoms with E-state index in [0.717, 1.165) is 0 Å². The monoisotopic (exact) mass is 194 g/mol. The number of halogens is 5. The summed E-state index contributed by atoms with van der Waals surface area (Å²) in [5.41, 5.74) is -3.48. The minimum atomic E-state index is -4.56. The highest BCUT2D eigenvalue weighted by molar-refractivity contribution is 6.29. The summed E-state index contributed by atoms with van der Waals surface area (Å²) in [6.45, 7) is 0. The lowest BCUT2D eigenvalue weighted by molar-refractivity contribution is -0.144. The zero-order valence-electron chi connectivity index (χ0n) is 5.46. The summed E-state index contributed by atoms with van der Waals surface area (Å²) in [5.74, 6) is 0. The second-order valence-corrected chi connectivity index (χ2v) is 3.48. The maximum atomic E-state index is 12.0. The van der Waals surface area contributed by atoms with Gasteiger partial charge in [-0.05, 0) is 0 Å². The second kappa shape index (κ2) is 3.48. The maximum absolute atomic E-state index is 12.0. The van der Waals surface area contributed by atoms with Gasteiger partial charge in [0.2, 0.25) is 9.76 Å². The molecule has 1 N–H and O–H groups in total. The van der Waals surface area contributed by atoms with Crippen LogP contribution in [0, 0.1) is 0 Å². The smallest absolute Gasteiger partial charge is 0.389 e. The quantitative estimate of drug-likeness (QED) is 0.525. The van der Waals surface area contributed by atoms with E-state index in [4.69, 9.17) is 4.80 Å². The van der Waals surface area contributed by atoms with Crippen LogP contribution in [-0.2, 0) is 0 Å². The topological polar surface area (TPSA) is 20.2 Å². The Bertz CT molecular complexity index is 122. The highest BCUT2D eigenvalue weighted by Gasteiger charge is 2.36. The van der Waals surface area contributed by atoms with Crippen molar-refractivity contribution < 1.29 is 26.7 Å². The molecule has 0 spiro atoms. The van der Waals surface area contributed by atoms with Crippen LogP contribution in [0.1, 0.15) is 12.8 Å². The van der Waals surface area contributed by atoms with Crippen molar-refractivity contribution in [3.8, 4) is 0 Å². The van der Waals surface area contributed by atoms with Crippen LogP contribution >= 0.6 is 0 Å². The van der Waals surface area contributed by atoms with Gasteiger partial charge in [0, 0.05) is 12.8 Å². The Labute approximate surface area is 62.2 Å². The first-order chi connectivity index (χ1) is 4.77. The van der Waals surface area contributed by atoms with Gasteiger partial charge < -0.3 is 4.80 Å². The normalized spacial score (nSPS) is 14.7. The molecule has 68 valence electrons. The molecule has 0 heterocycles. The SMILES string of the molecule is O[SiH2]C(F)(F)CCC(F)(F)F. The van der Waals surface area contributed by atoms with Gasteiger partial charge in [-0.15, -0.1) is 0 Å². The van der Waals surface area contributed by atoms with Crippen molar-refractivity contribution in [1.29, 1.82) is 0 Å². The van der Waals surface area contributed by atoms with Crippen molar-refractivity contribution in [2.45, 2.75) is 24.6 Å². The van der Waals surface area contributed by atoms with Crippen LogP contribution in [0.2, 0.25) is 0 Å². The molecule has 0 aliphatic rings. The third-order valence-corrected chi connectivity index (χ3v) is 1.82. The van der Waals surface area contributed by atoms with Crippen molar-refractivity contribution in [1.82, 2.24) is 0 Å². The molecule has 0 amide bonds. The minimum Gasteiger partial charge on any atom is -0.431 e. The minimum absolute atomic E-state index is 1.29. The largest absolute Gasteiger partial charge is 0.431 e. The van der Waals surface area contributed by atoms with E-state index in [1.807, 2.05) is 0 Å². The molecular formula is C4H7F5OSi. The average Bonchev–Trinajstić information content (AvgIpc) is 1.83. The molecule has 1 nitrogen and oxygen atoms in total. The number of rotatable bonds is 3. The molecule has 0 aromatic heterocycles. The van der Waals surface area contributed by atoms with E-state index in [1.54, 1.807) is 0 Å². The molecule has 0 unspecified atom stereocenters. The summed E-state index contributed by atoms with van der Waals surface area (Å²) in [5, 5.41) is 0. The van der Waals surface area contributed by atoms with E-state index in [2.05, 4.69) is 0 Å². The molecule has 0 aliphatic heterocycles. The molecule has 0 aromatic carbocycles. The Morgan fingerprint density at radius 2 is 1.45 bits per heavy atom. The van der Waals surface area contributed by atoms with Gasteiger partial charge in [0.25, 0.3) is 5.55 Å². The highest BCUT2D eigenvalue weighted by Crippen LogP contribution is 2.27. The van der Waals surface area contributed by atoms with Gasteiger partial charge in [0.05, 0.1) is 0 Å². The van der Waals surface area contributed by atoms with Crippen LogP contribution < -0.4 is 0 Å². The molecule has 11 heavy (non-hydrogen) atoms. The zero-order valence-corrected chi connectivity index (χ0v) is 6.87. The van der Waals surface area contributed by atoms with Crippen LogP contribution in [-0.4, -0.2) is 26.3 Å². The van der Waals surface area contributed by atoms with Crippen LogP contribution in [0.25, 0.3) is 0 Å². The Morgan fingerprint density at radius 3 is 1.73 bits per heavy atom. The van der Waals surface area contributed by atoms with Gasteiger partial charge >= 0.3 is 6.18 Å².